The van der Waals surface area contributed by atoms with E-state index in [0.29, 0.717) is 6.54 Å². The summed E-state index contributed by atoms with van der Waals surface area (Å²) in [5, 5.41) is 8.60. The smallest absolute Gasteiger partial charge is 0.253 e. The molecule has 0 saturated heterocycles. The van der Waals surface area contributed by atoms with Gasteiger partial charge in [0.15, 0.2) is 0 Å². The summed E-state index contributed by atoms with van der Waals surface area (Å²) in [6.45, 7) is 2.19. The number of nitroso groups, excluding NO2 is 1. The monoisotopic (exact) mass is 219 g/mol. The van der Waals surface area contributed by atoms with Gasteiger partial charge in [-0.05, 0) is 29.8 Å². The fourth-order valence-corrected chi connectivity index (χ4v) is 1.16. The topological polar surface area (TPSA) is 107 Å². The molecule has 0 aromatic heterocycles. The number of benzene rings is 1. The molecular weight excluding hydrogens is 210 g/mol. The summed E-state index contributed by atoms with van der Waals surface area (Å²) < 4.78 is 0. The summed E-state index contributed by atoms with van der Waals surface area (Å²) in [6.07, 6.45) is 0. The van der Waals surface area contributed by atoms with E-state index in [1.54, 1.807) is 6.92 Å². The van der Waals surface area contributed by atoms with Crippen LogP contribution in [0.25, 0.3) is 10.4 Å². The Labute approximate surface area is 91.1 Å². The van der Waals surface area contributed by atoms with Gasteiger partial charge in [-0.3, -0.25) is 4.79 Å². The van der Waals surface area contributed by atoms with Crippen molar-refractivity contribution in [2.75, 3.05) is 6.54 Å². The van der Waals surface area contributed by atoms with Crippen LogP contribution < -0.4 is 5.32 Å². The van der Waals surface area contributed by atoms with E-state index in [-0.39, 0.29) is 16.9 Å². The van der Waals surface area contributed by atoms with Gasteiger partial charge in [-0.2, -0.15) is 0 Å². The predicted molar refractivity (Wildman–Crippen MR) is 58.7 cm³/mol. The lowest BCUT2D eigenvalue weighted by molar-refractivity contribution is 0.0956. The fraction of sp³-hybridized carbons (Fsp3) is 0.222. The first-order chi connectivity index (χ1) is 7.72. The molecule has 7 heteroatoms. The highest BCUT2D eigenvalue weighted by atomic mass is 16.3. The van der Waals surface area contributed by atoms with Crippen LogP contribution in [0.15, 0.2) is 28.5 Å². The molecule has 0 saturated carbocycles. The molecule has 1 aromatic rings. The van der Waals surface area contributed by atoms with Crippen molar-refractivity contribution < 1.29 is 4.79 Å². The number of nitrogens with zero attached hydrogens (tertiary/aromatic N) is 4. The average molecular weight is 219 g/mol. The van der Waals surface area contributed by atoms with E-state index in [4.69, 9.17) is 5.53 Å². The molecule has 0 heterocycles. The maximum atomic E-state index is 11.5. The van der Waals surface area contributed by atoms with Crippen LogP contribution in [0.5, 0.6) is 0 Å². The van der Waals surface area contributed by atoms with Gasteiger partial charge in [0.1, 0.15) is 5.69 Å². The molecule has 0 spiro atoms. The first-order valence-corrected chi connectivity index (χ1v) is 4.53. The highest BCUT2D eigenvalue weighted by Crippen LogP contribution is 2.24. The van der Waals surface area contributed by atoms with Crippen molar-refractivity contribution in [3.8, 4) is 0 Å². The molecular formula is C9H9N5O2. The first-order valence-electron chi connectivity index (χ1n) is 4.53. The third-order valence-electron chi connectivity index (χ3n) is 1.82. The molecule has 1 amide bonds. The number of hydrogen-bond donors (Lipinski definition) is 1. The zero-order chi connectivity index (χ0) is 12.0. The van der Waals surface area contributed by atoms with Gasteiger partial charge in [0.05, 0.1) is 5.56 Å². The minimum absolute atomic E-state index is 0.0165. The van der Waals surface area contributed by atoms with E-state index < -0.39 is 5.91 Å². The second-order valence-electron chi connectivity index (χ2n) is 2.84. The second kappa shape index (κ2) is 5.47. The number of nitrogens with one attached hydrogen (secondary N) is 1. The molecule has 1 rings (SSSR count). The number of carbonyl (C=O) groups excluding carboxylic acids is 1. The zero-order valence-corrected chi connectivity index (χ0v) is 8.54. The van der Waals surface area contributed by atoms with Crippen LogP contribution in [0.1, 0.15) is 17.3 Å². The highest BCUT2D eigenvalue weighted by Gasteiger charge is 2.11. The predicted octanol–water partition coefficient (Wildman–Crippen LogP) is 2.78. The normalized spacial score (nSPS) is 9.06. The van der Waals surface area contributed by atoms with E-state index in [2.05, 4.69) is 20.5 Å². The maximum absolute atomic E-state index is 11.5. The van der Waals surface area contributed by atoms with Crippen LogP contribution in [-0.4, -0.2) is 12.5 Å². The van der Waals surface area contributed by atoms with Crippen molar-refractivity contribution in [1.29, 1.82) is 0 Å². The lowest BCUT2D eigenvalue weighted by Crippen LogP contribution is -2.22. The Bertz CT molecular complexity index is 465. The Morgan fingerprint density at radius 1 is 1.56 bits per heavy atom. The number of azide groups is 1. The molecule has 0 fully saturated rings. The van der Waals surface area contributed by atoms with Crippen molar-refractivity contribution in [2.24, 2.45) is 10.3 Å². The molecule has 16 heavy (non-hydrogen) atoms. The molecule has 0 aliphatic heterocycles. The van der Waals surface area contributed by atoms with E-state index >= 15 is 0 Å². The summed E-state index contributed by atoms with van der Waals surface area (Å²) in [4.78, 5) is 24.6. The summed E-state index contributed by atoms with van der Waals surface area (Å²) in [5.74, 6) is -0.424. The zero-order valence-electron chi connectivity index (χ0n) is 8.54. The van der Waals surface area contributed by atoms with Crippen molar-refractivity contribution >= 4 is 17.3 Å². The Morgan fingerprint density at radius 3 is 2.88 bits per heavy atom. The van der Waals surface area contributed by atoms with Gasteiger partial charge in [-0.25, -0.2) is 0 Å². The van der Waals surface area contributed by atoms with Crippen molar-refractivity contribution in [3.63, 3.8) is 0 Å². The Hall–Kier alpha value is -2.40. The van der Waals surface area contributed by atoms with Crippen LogP contribution in [0.2, 0.25) is 0 Å². The standard InChI is InChI=1S/C9H9N5O2/c1-2-11-9(15)7-5-6(12-14-10)3-4-8(7)13-16/h3-5H,2H2,1H3,(H,11,15). The molecule has 0 atom stereocenters. The van der Waals surface area contributed by atoms with E-state index in [9.17, 15) is 9.70 Å². The van der Waals surface area contributed by atoms with Crippen LogP contribution in [0.3, 0.4) is 0 Å². The minimum atomic E-state index is -0.424. The van der Waals surface area contributed by atoms with Crippen LogP contribution in [-0.2, 0) is 0 Å². The molecule has 1 aromatic carbocycles. The molecule has 7 nitrogen and oxygen atoms in total. The first kappa shape index (κ1) is 11.7. The number of rotatable bonds is 4. The summed E-state index contributed by atoms with van der Waals surface area (Å²) in [7, 11) is 0. The average Bonchev–Trinajstić information content (AvgIpc) is 2.30. The number of amides is 1. The second-order valence-corrected chi connectivity index (χ2v) is 2.84. The van der Waals surface area contributed by atoms with E-state index in [0.717, 1.165) is 0 Å². The Morgan fingerprint density at radius 2 is 2.31 bits per heavy atom. The largest absolute Gasteiger partial charge is 0.352 e. The van der Waals surface area contributed by atoms with Crippen LogP contribution >= 0.6 is 0 Å². The van der Waals surface area contributed by atoms with Crippen LogP contribution in [0, 0.1) is 4.91 Å². The van der Waals surface area contributed by atoms with Gasteiger partial charge in [0.25, 0.3) is 5.91 Å². The lowest BCUT2D eigenvalue weighted by Gasteiger charge is -2.04. The summed E-state index contributed by atoms with van der Waals surface area (Å²) >= 11 is 0. The SMILES string of the molecule is CCNC(=O)c1cc(N=[N+]=[N-])ccc1N=O. The molecule has 0 unspecified atom stereocenters. The summed E-state index contributed by atoms with van der Waals surface area (Å²) in [5.41, 5.74) is 8.63. The van der Waals surface area contributed by atoms with Gasteiger partial charge in [0.2, 0.25) is 0 Å². The van der Waals surface area contributed by atoms with Gasteiger partial charge in [-0.15, -0.1) is 4.91 Å². The molecule has 0 radical (unpaired) electrons. The van der Waals surface area contributed by atoms with E-state index in [1.807, 2.05) is 0 Å². The molecule has 0 aliphatic carbocycles. The van der Waals surface area contributed by atoms with Gasteiger partial charge in [0, 0.05) is 17.1 Å². The maximum Gasteiger partial charge on any atom is 0.253 e. The van der Waals surface area contributed by atoms with Gasteiger partial charge in [-0.1, -0.05) is 11.2 Å². The fourth-order valence-electron chi connectivity index (χ4n) is 1.16. The quantitative estimate of drug-likeness (QED) is 0.363. The summed E-state index contributed by atoms with van der Waals surface area (Å²) in [6, 6.07) is 4.07. The molecule has 1 N–H and O–H groups in total. The van der Waals surface area contributed by atoms with Gasteiger partial charge < -0.3 is 5.32 Å². The Kier molecular flexibility index (Phi) is 3.99. The third-order valence-corrected chi connectivity index (χ3v) is 1.82. The van der Waals surface area contributed by atoms with E-state index in [1.165, 1.54) is 18.2 Å². The van der Waals surface area contributed by atoms with Crippen LogP contribution in [0.4, 0.5) is 11.4 Å². The molecule has 0 aliphatic rings. The highest BCUT2D eigenvalue weighted by molar-refractivity contribution is 5.99. The molecule has 0 bridgehead atoms. The van der Waals surface area contributed by atoms with Crippen molar-refractivity contribution in [1.82, 2.24) is 5.32 Å². The number of carbonyl (C=O) groups is 1. The lowest BCUT2D eigenvalue weighted by atomic mass is 10.1. The third kappa shape index (κ3) is 2.55. The molecule has 82 valence electrons. The number of hydrogen-bond acceptors (Lipinski definition) is 4. The van der Waals surface area contributed by atoms with Crippen molar-refractivity contribution in [3.05, 3.63) is 39.1 Å². The Balaban J connectivity index is 3.21. The van der Waals surface area contributed by atoms with Gasteiger partial charge >= 0.3 is 0 Å². The van der Waals surface area contributed by atoms with Crippen molar-refractivity contribution in [2.45, 2.75) is 6.92 Å². The minimum Gasteiger partial charge on any atom is -0.352 e.